The molecule has 9 nitrogen and oxygen atoms in total. The van der Waals surface area contributed by atoms with Gasteiger partial charge in [0.25, 0.3) is 0 Å². The van der Waals surface area contributed by atoms with E-state index in [9.17, 15) is 9.59 Å². The molecule has 1 aromatic heterocycles. The fourth-order valence-electron chi connectivity index (χ4n) is 4.21. The van der Waals surface area contributed by atoms with E-state index >= 15 is 0 Å². The van der Waals surface area contributed by atoms with Crippen LogP contribution in [0.1, 0.15) is 30.1 Å². The number of hydrogen-bond acceptors (Lipinski definition) is 8. The van der Waals surface area contributed by atoms with Gasteiger partial charge in [0.1, 0.15) is 12.9 Å². The first kappa shape index (κ1) is 25.7. The zero-order valence-electron chi connectivity index (χ0n) is 21.0. The van der Waals surface area contributed by atoms with E-state index in [1.807, 2.05) is 22.8 Å². The van der Waals surface area contributed by atoms with E-state index in [4.69, 9.17) is 14.2 Å². The molecule has 3 aromatic rings. The third kappa shape index (κ3) is 6.41. The Morgan fingerprint density at radius 3 is 2.53 bits per heavy atom. The van der Waals surface area contributed by atoms with Crippen molar-refractivity contribution >= 4 is 28.7 Å². The van der Waals surface area contributed by atoms with Crippen molar-refractivity contribution in [2.24, 2.45) is 0 Å². The lowest BCUT2D eigenvalue weighted by Crippen LogP contribution is -2.48. The number of fused-ring (bicyclic) bond motifs is 1. The molecule has 0 atom stereocenters. The molecule has 0 unspecified atom stereocenters. The molecule has 9 heteroatoms. The molecule has 0 radical (unpaired) electrons. The number of ether oxygens (including phenoxy) is 3. The third-order valence-corrected chi connectivity index (χ3v) is 6.26. The van der Waals surface area contributed by atoms with E-state index in [2.05, 4.69) is 33.8 Å². The van der Waals surface area contributed by atoms with Crippen LogP contribution < -0.4 is 4.90 Å². The Bertz CT molecular complexity index is 1170. The van der Waals surface area contributed by atoms with Gasteiger partial charge in [0.15, 0.2) is 0 Å². The van der Waals surface area contributed by atoms with Crippen molar-refractivity contribution in [2.75, 3.05) is 64.6 Å². The molecular formula is C27H34N4O5. The number of carbonyl (C=O) groups is 2. The lowest BCUT2D eigenvalue weighted by molar-refractivity contribution is -0.145. The number of esters is 2. The van der Waals surface area contributed by atoms with Crippen LogP contribution >= 0.6 is 0 Å². The molecule has 0 bridgehead atoms. The number of aromatic nitrogens is 2. The fraction of sp³-hybridized carbons (Fsp3) is 0.444. The highest BCUT2D eigenvalue weighted by molar-refractivity contribution is 5.94. The molecule has 1 aliphatic heterocycles. The van der Waals surface area contributed by atoms with Crippen molar-refractivity contribution in [3.05, 3.63) is 54.4 Å². The number of nitrogens with zero attached hydrogens (tertiary/aromatic N) is 4. The van der Waals surface area contributed by atoms with Crippen LogP contribution in [0.3, 0.4) is 0 Å². The van der Waals surface area contributed by atoms with E-state index in [1.165, 1.54) is 0 Å². The summed E-state index contributed by atoms with van der Waals surface area (Å²) in [7, 11) is 1.56. The van der Waals surface area contributed by atoms with Crippen LogP contribution in [-0.2, 0) is 19.0 Å². The minimum absolute atomic E-state index is 0.141. The topological polar surface area (TPSA) is 86.1 Å². The van der Waals surface area contributed by atoms with Gasteiger partial charge in [-0.25, -0.2) is 9.78 Å². The summed E-state index contributed by atoms with van der Waals surface area (Å²) in [5.41, 5.74) is 4.21. The first-order valence-electron chi connectivity index (χ1n) is 12.5. The number of piperazine rings is 1. The average molecular weight is 495 g/mol. The van der Waals surface area contributed by atoms with Crippen LogP contribution in [0.25, 0.3) is 16.7 Å². The predicted molar refractivity (Wildman–Crippen MR) is 138 cm³/mol. The van der Waals surface area contributed by atoms with E-state index in [-0.39, 0.29) is 18.5 Å². The van der Waals surface area contributed by atoms with Crippen molar-refractivity contribution in [1.29, 1.82) is 0 Å². The number of imidazole rings is 1. The maximum atomic E-state index is 12.3. The Kier molecular flexibility index (Phi) is 8.91. The van der Waals surface area contributed by atoms with E-state index in [1.54, 1.807) is 25.6 Å². The van der Waals surface area contributed by atoms with Gasteiger partial charge in [0, 0.05) is 44.7 Å². The van der Waals surface area contributed by atoms with Crippen LogP contribution in [0.2, 0.25) is 0 Å². The van der Waals surface area contributed by atoms with Gasteiger partial charge in [-0.3, -0.25) is 14.3 Å². The number of rotatable bonds is 11. The van der Waals surface area contributed by atoms with Crippen LogP contribution in [-0.4, -0.2) is 86.0 Å². The number of unbranched alkanes of at least 4 members (excludes halogenated alkanes) is 1. The smallest absolute Gasteiger partial charge is 0.338 e. The highest BCUT2D eigenvalue weighted by Gasteiger charge is 2.20. The minimum Gasteiger partial charge on any atom is -0.465 e. The molecule has 0 spiro atoms. The second-order valence-electron chi connectivity index (χ2n) is 8.80. The molecule has 2 aromatic carbocycles. The molecule has 0 amide bonds. The second-order valence-corrected chi connectivity index (χ2v) is 8.80. The Hall–Kier alpha value is -3.43. The molecule has 36 heavy (non-hydrogen) atoms. The summed E-state index contributed by atoms with van der Waals surface area (Å²) in [6, 6.07) is 13.7. The summed E-state index contributed by atoms with van der Waals surface area (Å²) in [6.07, 6.45) is 3.70. The fourth-order valence-corrected chi connectivity index (χ4v) is 4.21. The SMILES string of the molecule is CCCCOC(=O)CN1CCN(c2cccc(-n3cnc4cc(C(=O)OCCOC)ccc43)c2)CC1. The van der Waals surface area contributed by atoms with E-state index < -0.39 is 0 Å². The Morgan fingerprint density at radius 2 is 1.75 bits per heavy atom. The van der Waals surface area contributed by atoms with Gasteiger partial charge < -0.3 is 19.1 Å². The van der Waals surface area contributed by atoms with Gasteiger partial charge in [-0.2, -0.15) is 0 Å². The molecule has 0 aliphatic carbocycles. The van der Waals surface area contributed by atoms with Crippen LogP contribution in [0.5, 0.6) is 0 Å². The van der Waals surface area contributed by atoms with Crippen molar-refractivity contribution < 1.29 is 23.8 Å². The van der Waals surface area contributed by atoms with Gasteiger partial charge in [-0.1, -0.05) is 19.4 Å². The number of hydrogen-bond donors (Lipinski definition) is 0. The highest BCUT2D eigenvalue weighted by Crippen LogP contribution is 2.24. The molecule has 0 saturated carbocycles. The Labute approximate surface area is 211 Å². The number of carbonyl (C=O) groups excluding carboxylic acids is 2. The summed E-state index contributed by atoms with van der Waals surface area (Å²) < 4.78 is 17.4. The van der Waals surface area contributed by atoms with Crippen molar-refractivity contribution in [3.8, 4) is 5.69 Å². The Morgan fingerprint density at radius 1 is 0.944 bits per heavy atom. The van der Waals surface area contributed by atoms with Gasteiger partial charge in [-0.05, 0) is 42.8 Å². The summed E-state index contributed by atoms with van der Waals surface area (Å²) >= 11 is 0. The first-order valence-corrected chi connectivity index (χ1v) is 12.5. The van der Waals surface area contributed by atoms with Gasteiger partial charge in [-0.15, -0.1) is 0 Å². The van der Waals surface area contributed by atoms with Crippen molar-refractivity contribution in [3.63, 3.8) is 0 Å². The summed E-state index contributed by atoms with van der Waals surface area (Å²) in [5, 5.41) is 0. The summed E-state index contributed by atoms with van der Waals surface area (Å²) in [4.78, 5) is 33.3. The molecule has 1 fully saturated rings. The lowest BCUT2D eigenvalue weighted by atomic mass is 10.2. The minimum atomic E-state index is -0.390. The maximum absolute atomic E-state index is 12.3. The van der Waals surface area contributed by atoms with E-state index in [0.29, 0.717) is 25.3 Å². The lowest BCUT2D eigenvalue weighted by Gasteiger charge is -2.35. The number of anilines is 1. The van der Waals surface area contributed by atoms with Crippen molar-refractivity contribution in [2.45, 2.75) is 19.8 Å². The van der Waals surface area contributed by atoms with Gasteiger partial charge >= 0.3 is 11.9 Å². The number of benzene rings is 2. The largest absolute Gasteiger partial charge is 0.465 e. The molecule has 0 N–H and O–H groups in total. The molecule has 1 aliphatic rings. The molecule has 2 heterocycles. The summed E-state index contributed by atoms with van der Waals surface area (Å²) in [5.74, 6) is -0.531. The van der Waals surface area contributed by atoms with Gasteiger partial charge in [0.2, 0.25) is 0 Å². The number of methoxy groups -OCH3 is 1. The normalized spacial score (nSPS) is 14.2. The maximum Gasteiger partial charge on any atom is 0.338 e. The average Bonchev–Trinajstić information content (AvgIpc) is 3.33. The second kappa shape index (κ2) is 12.5. The van der Waals surface area contributed by atoms with Crippen LogP contribution in [0.4, 0.5) is 5.69 Å². The monoisotopic (exact) mass is 494 g/mol. The molecule has 4 rings (SSSR count). The van der Waals surface area contributed by atoms with E-state index in [0.717, 1.165) is 61.4 Å². The molecular weight excluding hydrogens is 460 g/mol. The third-order valence-electron chi connectivity index (χ3n) is 6.26. The highest BCUT2D eigenvalue weighted by atomic mass is 16.6. The molecule has 1 saturated heterocycles. The quantitative estimate of drug-likeness (QED) is 0.297. The zero-order chi connectivity index (χ0) is 25.3. The van der Waals surface area contributed by atoms with Crippen LogP contribution in [0, 0.1) is 0 Å². The zero-order valence-corrected chi connectivity index (χ0v) is 21.0. The first-order chi connectivity index (χ1) is 17.6. The van der Waals surface area contributed by atoms with Crippen molar-refractivity contribution in [1.82, 2.24) is 14.5 Å². The molecule has 192 valence electrons. The standard InChI is InChI=1S/C27H34N4O5/c1-3-4-14-35-26(32)19-29-10-12-30(13-11-29)22-6-5-7-23(18-22)31-20-28-24-17-21(8-9-25(24)31)27(33)36-16-15-34-2/h5-9,17-18,20H,3-4,10-16,19H2,1-2H3. The van der Waals surface area contributed by atoms with Gasteiger partial charge in [0.05, 0.1) is 36.4 Å². The Balaban J connectivity index is 1.39. The van der Waals surface area contributed by atoms with Crippen LogP contribution in [0.15, 0.2) is 48.8 Å². The predicted octanol–water partition coefficient (Wildman–Crippen LogP) is 3.29. The summed E-state index contributed by atoms with van der Waals surface area (Å²) in [6.45, 7) is 6.80.